The summed E-state index contributed by atoms with van der Waals surface area (Å²) in [4.78, 5) is 41.0. The summed E-state index contributed by atoms with van der Waals surface area (Å²) in [5, 5.41) is 7.75. The van der Waals surface area contributed by atoms with Gasteiger partial charge in [0.15, 0.2) is 0 Å². The van der Waals surface area contributed by atoms with E-state index in [4.69, 9.17) is 4.74 Å². The Morgan fingerprint density at radius 3 is 2.74 bits per heavy atom. The molecule has 0 saturated heterocycles. The topological polar surface area (TPSA) is 122 Å². The van der Waals surface area contributed by atoms with Crippen LogP contribution in [0.3, 0.4) is 0 Å². The minimum Gasteiger partial charge on any atom is -0.481 e. The van der Waals surface area contributed by atoms with Crippen molar-refractivity contribution in [3.8, 4) is 17.1 Å². The molecule has 1 unspecified atom stereocenters. The number of pyridine rings is 1. The van der Waals surface area contributed by atoms with E-state index in [9.17, 15) is 9.59 Å². The van der Waals surface area contributed by atoms with E-state index in [0.29, 0.717) is 29.4 Å². The molecule has 0 saturated carbocycles. The Hall–Kier alpha value is -3.79. The van der Waals surface area contributed by atoms with Crippen molar-refractivity contribution in [2.75, 3.05) is 14.2 Å². The van der Waals surface area contributed by atoms with Gasteiger partial charge in [0.25, 0.3) is 5.91 Å². The Kier molecular flexibility index (Phi) is 8.04. The average Bonchev–Trinajstić information content (AvgIpc) is 3.60. The van der Waals surface area contributed by atoms with Crippen LogP contribution in [0.1, 0.15) is 53.6 Å². The van der Waals surface area contributed by atoms with Crippen molar-refractivity contribution in [2.45, 2.75) is 38.1 Å². The number of rotatable bonds is 11. The highest BCUT2D eigenvalue weighted by Crippen LogP contribution is 2.27. The quantitative estimate of drug-likeness (QED) is 0.269. The van der Waals surface area contributed by atoms with Gasteiger partial charge in [0.1, 0.15) is 10.7 Å². The summed E-state index contributed by atoms with van der Waals surface area (Å²) in [5.74, 6) is 1.13. The Bertz CT molecular complexity index is 1290. The highest BCUT2D eigenvalue weighted by atomic mass is 32.1. The van der Waals surface area contributed by atoms with E-state index in [2.05, 4.69) is 30.6 Å². The summed E-state index contributed by atoms with van der Waals surface area (Å²) in [5.41, 5.74) is 3.47. The number of benzene rings is 1. The second-order valence-electron chi connectivity index (χ2n) is 8.13. The number of carbonyl (C=O) groups excluding carboxylic acids is 2. The second kappa shape index (κ2) is 11.6. The molecule has 0 aliphatic carbocycles. The molecule has 182 valence electrons. The largest absolute Gasteiger partial charge is 0.481 e. The third-order valence-electron chi connectivity index (χ3n) is 5.78. The average molecular weight is 493 g/mol. The zero-order chi connectivity index (χ0) is 24.6. The van der Waals surface area contributed by atoms with Gasteiger partial charge >= 0.3 is 0 Å². The molecule has 0 fully saturated rings. The first-order valence-electron chi connectivity index (χ1n) is 11.5. The zero-order valence-electron chi connectivity index (χ0n) is 19.7. The van der Waals surface area contributed by atoms with Gasteiger partial charge in [-0.15, -0.1) is 11.3 Å². The lowest BCUT2D eigenvalue weighted by molar-refractivity contribution is -0.120. The van der Waals surface area contributed by atoms with Gasteiger partial charge < -0.3 is 20.4 Å². The minimum atomic E-state index is -0.287. The van der Waals surface area contributed by atoms with Gasteiger partial charge in [0.2, 0.25) is 11.8 Å². The Morgan fingerprint density at radius 1 is 1.09 bits per heavy atom. The van der Waals surface area contributed by atoms with Gasteiger partial charge in [0, 0.05) is 36.7 Å². The standard InChI is InChI=1S/C25H28N6O3S/c1-26-22(32)7-5-3-4-6-19(31-25(33)21-14-27-15-35-21)24-29-13-20(30-24)17-9-8-16-11-23(34-2)28-12-18(16)10-17/h8-15,19H,3-7H2,1-2H3,(H,26,32)(H,29,30)(H,31,33). The molecule has 0 bridgehead atoms. The van der Waals surface area contributed by atoms with Crippen LogP contribution < -0.4 is 15.4 Å². The van der Waals surface area contributed by atoms with Crippen molar-refractivity contribution in [2.24, 2.45) is 0 Å². The van der Waals surface area contributed by atoms with Crippen LogP contribution in [0.15, 0.2) is 48.4 Å². The predicted octanol–water partition coefficient (Wildman–Crippen LogP) is 4.26. The van der Waals surface area contributed by atoms with Crippen molar-refractivity contribution in [3.05, 3.63) is 59.1 Å². The predicted molar refractivity (Wildman–Crippen MR) is 135 cm³/mol. The number of H-pyrrole nitrogens is 1. The van der Waals surface area contributed by atoms with Crippen molar-refractivity contribution >= 4 is 33.9 Å². The lowest BCUT2D eigenvalue weighted by Crippen LogP contribution is -2.28. The number of methoxy groups -OCH3 is 1. The maximum absolute atomic E-state index is 12.7. The number of aromatic amines is 1. The van der Waals surface area contributed by atoms with E-state index in [1.807, 2.05) is 24.3 Å². The van der Waals surface area contributed by atoms with E-state index < -0.39 is 0 Å². The minimum absolute atomic E-state index is 0.0414. The summed E-state index contributed by atoms with van der Waals surface area (Å²) >= 11 is 1.30. The molecule has 9 nitrogen and oxygen atoms in total. The summed E-state index contributed by atoms with van der Waals surface area (Å²) in [6, 6.07) is 7.69. The highest BCUT2D eigenvalue weighted by Gasteiger charge is 2.20. The lowest BCUT2D eigenvalue weighted by Gasteiger charge is -2.16. The molecule has 2 amide bonds. The molecule has 0 aliphatic heterocycles. The first kappa shape index (κ1) is 24.3. The van der Waals surface area contributed by atoms with Gasteiger partial charge in [-0.1, -0.05) is 25.0 Å². The van der Waals surface area contributed by atoms with E-state index in [1.165, 1.54) is 11.3 Å². The second-order valence-corrected chi connectivity index (χ2v) is 9.02. The molecule has 1 atom stereocenters. The lowest BCUT2D eigenvalue weighted by atomic mass is 10.1. The summed E-state index contributed by atoms with van der Waals surface area (Å²) < 4.78 is 5.21. The van der Waals surface area contributed by atoms with Crippen LogP contribution >= 0.6 is 11.3 Å². The van der Waals surface area contributed by atoms with Crippen LogP contribution in [0.25, 0.3) is 22.0 Å². The first-order chi connectivity index (χ1) is 17.1. The van der Waals surface area contributed by atoms with Gasteiger partial charge in [-0.25, -0.2) is 9.97 Å². The molecule has 4 rings (SSSR count). The fourth-order valence-corrected chi connectivity index (χ4v) is 4.35. The van der Waals surface area contributed by atoms with Crippen LogP contribution in [-0.4, -0.2) is 45.9 Å². The third kappa shape index (κ3) is 6.21. The van der Waals surface area contributed by atoms with Crippen molar-refractivity contribution < 1.29 is 14.3 Å². The molecular weight excluding hydrogens is 464 g/mol. The monoisotopic (exact) mass is 492 g/mol. The molecule has 1 aromatic carbocycles. The summed E-state index contributed by atoms with van der Waals surface area (Å²) in [6.45, 7) is 0. The highest BCUT2D eigenvalue weighted by molar-refractivity contribution is 7.11. The molecule has 4 aromatic rings. The smallest absolute Gasteiger partial charge is 0.263 e. The molecule has 35 heavy (non-hydrogen) atoms. The van der Waals surface area contributed by atoms with E-state index in [0.717, 1.165) is 41.3 Å². The third-order valence-corrected chi connectivity index (χ3v) is 6.55. The van der Waals surface area contributed by atoms with Gasteiger partial charge in [0.05, 0.1) is 36.7 Å². The number of imidazole rings is 1. The maximum Gasteiger partial charge on any atom is 0.263 e. The summed E-state index contributed by atoms with van der Waals surface area (Å²) in [7, 11) is 3.24. The molecule has 0 radical (unpaired) electrons. The molecule has 0 aliphatic rings. The van der Waals surface area contributed by atoms with Crippen molar-refractivity contribution in [3.63, 3.8) is 0 Å². The molecular formula is C25H28N6O3S. The van der Waals surface area contributed by atoms with E-state index in [-0.39, 0.29) is 17.9 Å². The Labute approximate surface area is 207 Å². The Morgan fingerprint density at radius 2 is 1.97 bits per heavy atom. The number of ether oxygens (including phenoxy) is 1. The number of amides is 2. The molecule has 0 spiro atoms. The number of carbonyl (C=O) groups is 2. The zero-order valence-corrected chi connectivity index (χ0v) is 20.5. The fraction of sp³-hybridized carbons (Fsp3) is 0.320. The van der Waals surface area contributed by atoms with E-state index in [1.54, 1.807) is 38.3 Å². The number of aromatic nitrogens is 4. The molecule has 3 heterocycles. The van der Waals surface area contributed by atoms with Gasteiger partial charge in [-0.05, 0) is 24.3 Å². The van der Waals surface area contributed by atoms with Crippen molar-refractivity contribution in [1.29, 1.82) is 0 Å². The number of nitrogens with one attached hydrogen (secondary N) is 3. The first-order valence-corrected chi connectivity index (χ1v) is 12.3. The van der Waals surface area contributed by atoms with E-state index >= 15 is 0 Å². The number of thiazole rings is 1. The fourth-order valence-electron chi connectivity index (χ4n) is 3.83. The van der Waals surface area contributed by atoms with Gasteiger partial charge in [-0.3, -0.25) is 14.6 Å². The molecule has 10 heteroatoms. The number of fused-ring (bicyclic) bond motifs is 1. The van der Waals surface area contributed by atoms with Crippen LogP contribution in [0.2, 0.25) is 0 Å². The molecule has 3 aromatic heterocycles. The normalized spacial score (nSPS) is 11.8. The number of hydrogen-bond donors (Lipinski definition) is 3. The number of hydrogen-bond acceptors (Lipinski definition) is 7. The van der Waals surface area contributed by atoms with Crippen LogP contribution in [0.4, 0.5) is 0 Å². The SMILES string of the molecule is CNC(=O)CCCCCC(NC(=O)c1cncs1)c1ncc(-c2ccc3cc(OC)ncc3c2)[nH]1. The number of nitrogens with zero attached hydrogens (tertiary/aromatic N) is 3. The van der Waals surface area contributed by atoms with Crippen LogP contribution in [0, 0.1) is 0 Å². The maximum atomic E-state index is 12.7. The van der Waals surface area contributed by atoms with Gasteiger partial charge in [-0.2, -0.15) is 0 Å². The molecule has 3 N–H and O–H groups in total. The number of unbranched alkanes of at least 4 members (excludes halogenated alkanes) is 2. The van der Waals surface area contributed by atoms with Crippen molar-refractivity contribution in [1.82, 2.24) is 30.6 Å². The summed E-state index contributed by atoms with van der Waals surface area (Å²) in [6.07, 6.45) is 8.87. The van der Waals surface area contributed by atoms with Crippen LogP contribution in [-0.2, 0) is 4.79 Å². The Balaban J connectivity index is 1.49. The van der Waals surface area contributed by atoms with Crippen LogP contribution in [0.5, 0.6) is 5.88 Å².